The average Bonchev–Trinajstić information content (AvgIpc) is 3.75. The molecule has 0 spiro atoms. The van der Waals surface area contributed by atoms with E-state index in [1.165, 1.54) is 0 Å². The van der Waals surface area contributed by atoms with Gasteiger partial charge < -0.3 is 34.6 Å². The van der Waals surface area contributed by atoms with Crippen LogP contribution in [0.1, 0.15) is 60.3 Å². The molecule has 0 bridgehead atoms. The summed E-state index contributed by atoms with van der Waals surface area (Å²) in [5, 5.41) is 6.50. The number of anilines is 2. The molecule has 1 aromatic carbocycles. The van der Waals surface area contributed by atoms with Crippen LogP contribution in [0.25, 0.3) is 0 Å². The van der Waals surface area contributed by atoms with Crippen LogP contribution in [0.15, 0.2) is 18.2 Å². The number of fused-ring (bicyclic) bond motifs is 1. The first-order valence-corrected chi connectivity index (χ1v) is 14.8. The third-order valence-electron chi connectivity index (χ3n) is 8.28. The summed E-state index contributed by atoms with van der Waals surface area (Å²) in [6, 6.07) is 5.66. The lowest BCUT2D eigenvalue weighted by atomic mass is 9.85. The summed E-state index contributed by atoms with van der Waals surface area (Å²) < 4.78 is 16.7. The zero-order valence-electron chi connectivity index (χ0n) is 25.7. The van der Waals surface area contributed by atoms with Crippen LogP contribution in [-0.4, -0.2) is 82.5 Å². The third-order valence-corrected chi connectivity index (χ3v) is 8.28. The Kier molecular flexibility index (Phi) is 9.66. The lowest BCUT2D eigenvalue weighted by Gasteiger charge is -2.40. The van der Waals surface area contributed by atoms with E-state index in [1.807, 2.05) is 23.1 Å². The fourth-order valence-electron chi connectivity index (χ4n) is 5.64. The van der Waals surface area contributed by atoms with E-state index in [4.69, 9.17) is 14.2 Å². The van der Waals surface area contributed by atoms with E-state index in [2.05, 4.69) is 31.4 Å². The Bertz CT molecular complexity index is 1110. The molecule has 0 unspecified atom stereocenters. The van der Waals surface area contributed by atoms with Gasteiger partial charge in [-0.15, -0.1) is 0 Å². The predicted octanol–water partition coefficient (Wildman–Crippen LogP) is 3.13. The van der Waals surface area contributed by atoms with E-state index in [-0.39, 0.29) is 47.1 Å². The van der Waals surface area contributed by atoms with Crippen molar-refractivity contribution in [3.63, 3.8) is 0 Å². The van der Waals surface area contributed by atoms with E-state index in [0.717, 1.165) is 18.5 Å². The van der Waals surface area contributed by atoms with Gasteiger partial charge in [0.1, 0.15) is 5.75 Å². The molecular formula is C31H48N4O6. The smallest absolute Gasteiger partial charge is 0.270 e. The number of nitrogens with zero attached hydrogens (tertiary/aromatic N) is 2. The first-order chi connectivity index (χ1) is 19.4. The van der Waals surface area contributed by atoms with Crippen molar-refractivity contribution in [1.29, 1.82) is 0 Å². The molecule has 2 heterocycles. The second kappa shape index (κ2) is 12.7. The summed E-state index contributed by atoms with van der Waals surface area (Å²) in [7, 11) is 3.28. The number of rotatable bonds is 11. The Hall–Kier alpha value is -2.69. The van der Waals surface area contributed by atoms with Crippen molar-refractivity contribution in [2.75, 3.05) is 56.9 Å². The molecule has 1 saturated heterocycles. The van der Waals surface area contributed by atoms with Crippen LogP contribution >= 0.6 is 0 Å². The van der Waals surface area contributed by atoms with Crippen molar-refractivity contribution in [1.82, 2.24) is 10.6 Å². The molecule has 4 rings (SSSR count). The van der Waals surface area contributed by atoms with Crippen molar-refractivity contribution >= 4 is 29.1 Å². The van der Waals surface area contributed by atoms with Crippen LogP contribution in [0.5, 0.6) is 5.75 Å². The van der Waals surface area contributed by atoms with Crippen molar-refractivity contribution in [3.8, 4) is 5.75 Å². The fourth-order valence-corrected chi connectivity index (χ4v) is 5.64. The monoisotopic (exact) mass is 572 g/mol. The van der Waals surface area contributed by atoms with Gasteiger partial charge in [-0.2, -0.15) is 0 Å². The molecule has 41 heavy (non-hydrogen) atoms. The van der Waals surface area contributed by atoms with Crippen LogP contribution in [0, 0.1) is 17.3 Å². The van der Waals surface area contributed by atoms with Gasteiger partial charge in [-0.05, 0) is 63.1 Å². The lowest BCUT2D eigenvalue weighted by molar-refractivity contribution is -0.132. The van der Waals surface area contributed by atoms with Crippen molar-refractivity contribution in [3.05, 3.63) is 18.2 Å². The SMILES string of the molecule is COCCCN1C(=O)C(C)(C)Oc2ccc(N(C(=O)[C@H]3CNC[C@@H](C(=O)N[C@@H](COC)C(C)(C)C)C3)C3CC3)cc21. The van der Waals surface area contributed by atoms with Gasteiger partial charge in [0, 0.05) is 52.2 Å². The highest BCUT2D eigenvalue weighted by Gasteiger charge is 2.43. The number of carbonyl (C=O) groups is 3. The molecule has 228 valence electrons. The van der Waals surface area contributed by atoms with Crippen LogP contribution in [0.2, 0.25) is 0 Å². The summed E-state index contributed by atoms with van der Waals surface area (Å²) >= 11 is 0. The Labute approximate surface area is 244 Å². The number of ether oxygens (including phenoxy) is 3. The molecule has 2 fully saturated rings. The maximum Gasteiger partial charge on any atom is 0.270 e. The van der Waals surface area contributed by atoms with Crippen molar-refractivity contribution in [2.24, 2.45) is 17.3 Å². The highest BCUT2D eigenvalue weighted by atomic mass is 16.5. The zero-order chi connectivity index (χ0) is 29.9. The van der Waals surface area contributed by atoms with Crippen LogP contribution < -0.4 is 25.2 Å². The molecule has 0 aromatic heterocycles. The van der Waals surface area contributed by atoms with E-state index in [9.17, 15) is 14.4 Å². The molecule has 3 aliphatic rings. The molecule has 1 aromatic rings. The highest BCUT2D eigenvalue weighted by molar-refractivity contribution is 6.04. The van der Waals surface area contributed by atoms with E-state index >= 15 is 0 Å². The molecule has 2 aliphatic heterocycles. The fraction of sp³-hybridized carbons (Fsp3) is 0.710. The highest BCUT2D eigenvalue weighted by Crippen LogP contribution is 2.43. The van der Waals surface area contributed by atoms with Crippen LogP contribution in [0.4, 0.5) is 11.4 Å². The van der Waals surface area contributed by atoms with Gasteiger partial charge in [-0.1, -0.05) is 20.8 Å². The van der Waals surface area contributed by atoms with E-state index in [1.54, 1.807) is 33.0 Å². The van der Waals surface area contributed by atoms with Gasteiger partial charge in [0.2, 0.25) is 11.8 Å². The normalized spacial score (nSPS) is 22.9. The van der Waals surface area contributed by atoms with Gasteiger partial charge in [0.15, 0.2) is 5.60 Å². The maximum absolute atomic E-state index is 14.1. The summed E-state index contributed by atoms with van der Waals surface area (Å²) in [5.41, 5.74) is 0.289. The Morgan fingerprint density at radius 2 is 1.88 bits per heavy atom. The standard InChI is InChI=1S/C31H48N4O6/c1-30(2,3)26(19-40-7)33-27(36)20-15-21(18-32-17-20)28(37)35(22-9-10-22)23-11-12-25-24(16-23)34(13-8-14-39-6)29(38)31(4,5)41-25/h11-12,16,20-22,26,32H,8-10,13-15,17-19H2,1-7H3,(H,33,36)/t20-,21+,26-/m0/s1. The van der Waals surface area contributed by atoms with E-state index < -0.39 is 5.60 Å². The van der Waals surface area contributed by atoms with E-state index in [0.29, 0.717) is 57.1 Å². The molecule has 1 saturated carbocycles. The van der Waals surface area contributed by atoms with Gasteiger partial charge >= 0.3 is 0 Å². The average molecular weight is 573 g/mol. The largest absolute Gasteiger partial charge is 0.476 e. The van der Waals surface area contributed by atoms with Gasteiger partial charge in [0.05, 0.1) is 30.2 Å². The molecule has 10 heteroatoms. The van der Waals surface area contributed by atoms with Gasteiger partial charge in [-0.25, -0.2) is 0 Å². The summed E-state index contributed by atoms with van der Waals surface area (Å²) in [6.07, 6.45) is 3.02. The Morgan fingerprint density at radius 1 is 1.17 bits per heavy atom. The molecule has 3 atom stereocenters. The third kappa shape index (κ3) is 7.21. The molecule has 0 radical (unpaired) electrons. The Morgan fingerprint density at radius 3 is 2.51 bits per heavy atom. The summed E-state index contributed by atoms with van der Waals surface area (Å²) in [4.78, 5) is 44.3. The first kappa shape index (κ1) is 31.3. The van der Waals surface area contributed by atoms with Crippen molar-refractivity contribution < 1.29 is 28.6 Å². The number of hydrogen-bond acceptors (Lipinski definition) is 7. The number of methoxy groups -OCH3 is 2. The molecule has 2 N–H and O–H groups in total. The number of piperidine rings is 1. The quantitative estimate of drug-likeness (QED) is 0.392. The molecular weight excluding hydrogens is 524 g/mol. The number of nitrogens with one attached hydrogen (secondary N) is 2. The first-order valence-electron chi connectivity index (χ1n) is 14.8. The number of benzene rings is 1. The minimum absolute atomic E-state index is 0.0102. The second-order valence-electron chi connectivity index (χ2n) is 13.2. The topological polar surface area (TPSA) is 109 Å². The number of hydrogen-bond donors (Lipinski definition) is 2. The predicted molar refractivity (Wildman–Crippen MR) is 158 cm³/mol. The Balaban J connectivity index is 1.54. The summed E-state index contributed by atoms with van der Waals surface area (Å²) in [5.74, 6) is -0.177. The minimum Gasteiger partial charge on any atom is -0.476 e. The zero-order valence-corrected chi connectivity index (χ0v) is 25.7. The summed E-state index contributed by atoms with van der Waals surface area (Å²) in [6.45, 7) is 12.3. The number of carbonyl (C=O) groups excluding carboxylic acids is 3. The van der Waals surface area contributed by atoms with Crippen LogP contribution in [0.3, 0.4) is 0 Å². The number of amides is 3. The van der Waals surface area contributed by atoms with Gasteiger partial charge in [-0.3, -0.25) is 14.4 Å². The second-order valence-corrected chi connectivity index (χ2v) is 13.2. The van der Waals surface area contributed by atoms with Crippen LogP contribution in [-0.2, 0) is 23.9 Å². The van der Waals surface area contributed by atoms with Gasteiger partial charge in [0.25, 0.3) is 5.91 Å². The molecule has 1 aliphatic carbocycles. The molecule has 10 nitrogen and oxygen atoms in total. The molecule has 3 amide bonds. The minimum atomic E-state index is -0.980. The maximum atomic E-state index is 14.1. The van der Waals surface area contributed by atoms with Crippen molar-refractivity contribution in [2.45, 2.75) is 78.0 Å². The lowest BCUT2D eigenvalue weighted by Crippen LogP contribution is -2.54.